The lowest BCUT2D eigenvalue weighted by Crippen LogP contribution is -2.58. The summed E-state index contributed by atoms with van der Waals surface area (Å²) in [5.74, 6) is -4.32. The highest BCUT2D eigenvalue weighted by Gasteiger charge is 2.58. The third-order valence-electron chi connectivity index (χ3n) is 6.88. The minimum atomic E-state index is -4.79. The summed E-state index contributed by atoms with van der Waals surface area (Å²) in [6, 6.07) is 4.54. The Hall–Kier alpha value is -4.23. The third-order valence-corrected chi connectivity index (χ3v) is 6.88. The topological polar surface area (TPSA) is 99.3 Å². The Balaban J connectivity index is 0.00000155. The van der Waals surface area contributed by atoms with Gasteiger partial charge in [0, 0.05) is 31.9 Å². The number of likely N-dealkylation sites (N-methyl/N-ethyl adjacent to an activating group) is 1. The van der Waals surface area contributed by atoms with Gasteiger partial charge in [-0.15, -0.1) is 0 Å². The van der Waals surface area contributed by atoms with E-state index in [9.17, 15) is 41.1 Å². The van der Waals surface area contributed by atoms with Crippen molar-refractivity contribution in [3.63, 3.8) is 0 Å². The van der Waals surface area contributed by atoms with Gasteiger partial charge in [-0.3, -0.25) is 24.2 Å². The SMILES string of the molecule is CCC.COc1ccc(N2C(=O)N(C)C(=O)C23CCN(C(=O)CNC(=O)c2cc(C(F)(F)F)ccc2F)CC3)cc1F. The van der Waals surface area contributed by atoms with Crippen LogP contribution in [-0.2, 0) is 15.8 Å². The number of methoxy groups -OCH3 is 1. The average molecular weight is 599 g/mol. The van der Waals surface area contributed by atoms with Crippen LogP contribution in [0, 0.1) is 11.6 Å². The molecule has 1 N–H and O–H groups in total. The van der Waals surface area contributed by atoms with Crippen LogP contribution in [0.3, 0.4) is 0 Å². The van der Waals surface area contributed by atoms with E-state index in [1.807, 2.05) is 0 Å². The van der Waals surface area contributed by atoms with Gasteiger partial charge in [0.25, 0.3) is 11.8 Å². The molecule has 2 fully saturated rings. The molecule has 228 valence electrons. The highest BCUT2D eigenvalue weighted by molar-refractivity contribution is 6.16. The number of carbonyl (C=O) groups is 4. The van der Waals surface area contributed by atoms with Gasteiger partial charge in [-0.25, -0.2) is 13.6 Å². The number of rotatable bonds is 5. The van der Waals surface area contributed by atoms with E-state index in [4.69, 9.17) is 4.74 Å². The lowest BCUT2D eigenvalue weighted by molar-refractivity contribution is -0.137. The Labute approximate surface area is 239 Å². The molecule has 0 aromatic heterocycles. The fraction of sp³-hybridized carbons (Fsp3) is 0.429. The van der Waals surface area contributed by atoms with Crippen LogP contribution in [0.15, 0.2) is 36.4 Å². The Morgan fingerprint density at radius 2 is 1.62 bits per heavy atom. The molecule has 0 saturated carbocycles. The van der Waals surface area contributed by atoms with E-state index in [-0.39, 0.29) is 37.4 Å². The van der Waals surface area contributed by atoms with Crippen molar-refractivity contribution in [2.75, 3.05) is 38.7 Å². The first kappa shape index (κ1) is 32.3. The van der Waals surface area contributed by atoms with Gasteiger partial charge >= 0.3 is 12.2 Å². The molecular formula is C28H31F5N4O5. The Morgan fingerprint density at radius 1 is 1.00 bits per heavy atom. The summed E-state index contributed by atoms with van der Waals surface area (Å²) in [5, 5.41) is 2.12. The quantitative estimate of drug-likeness (QED) is 0.401. The first-order valence-electron chi connectivity index (χ1n) is 13.1. The Morgan fingerprint density at radius 3 is 2.17 bits per heavy atom. The highest BCUT2D eigenvalue weighted by Crippen LogP contribution is 2.41. The van der Waals surface area contributed by atoms with Gasteiger partial charge in [-0.2, -0.15) is 13.2 Å². The molecule has 5 amide bonds. The van der Waals surface area contributed by atoms with Gasteiger partial charge < -0.3 is 15.0 Å². The first-order valence-corrected chi connectivity index (χ1v) is 13.1. The monoisotopic (exact) mass is 598 g/mol. The average Bonchev–Trinajstić information content (AvgIpc) is 3.12. The molecule has 2 aromatic rings. The number of piperidine rings is 1. The molecule has 4 rings (SSSR count). The lowest BCUT2D eigenvalue weighted by atomic mass is 9.85. The van der Waals surface area contributed by atoms with Crippen LogP contribution in [-0.4, -0.2) is 72.9 Å². The molecule has 0 unspecified atom stereocenters. The maximum Gasteiger partial charge on any atom is 0.416 e. The Kier molecular flexibility index (Phi) is 9.79. The van der Waals surface area contributed by atoms with Gasteiger partial charge in [-0.05, 0) is 43.2 Å². The lowest BCUT2D eigenvalue weighted by Gasteiger charge is -2.42. The van der Waals surface area contributed by atoms with Gasteiger partial charge in [-0.1, -0.05) is 20.3 Å². The predicted octanol–water partition coefficient (Wildman–Crippen LogP) is 4.60. The van der Waals surface area contributed by atoms with E-state index >= 15 is 0 Å². The second-order valence-corrected chi connectivity index (χ2v) is 9.80. The standard InChI is InChI=1S/C25H23F5N4O5.C3H8/c1-32-22(37)24(34(23(32)38)15-4-6-19(39-2)18(27)12-15)7-9-33(10-8-24)20(35)13-31-21(36)16-11-14(25(28,29)30)3-5-17(16)26;1-3-2/h3-6,11-12H,7-10,13H2,1-2H3,(H,31,36);3H2,1-2H3. The number of imide groups is 1. The number of halogens is 5. The van der Waals surface area contributed by atoms with Crippen LogP contribution in [0.25, 0.3) is 0 Å². The fourth-order valence-electron chi connectivity index (χ4n) is 4.78. The maximum atomic E-state index is 14.4. The van der Waals surface area contributed by atoms with Crippen molar-refractivity contribution in [1.82, 2.24) is 15.1 Å². The molecule has 2 aliphatic heterocycles. The Bertz CT molecular complexity index is 1360. The number of urea groups is 1. The zero-order valence-electron chi connectivity index (χ0n) is 23.5. The molecule has 14 heteroatoms. The van der Waals surface area contributed by atoms with Crippen LogP contribution in [0.5, 0.6) is 5.75 Å². The summed E-state index contributed by atoms with van der Waals surface area (Å²) >= 11 is 0. The van der Waals surface area contributed by atoms with E-state index < -0.39 is 64.8 Å². The number of carbonyl (C=O) groups excluding carboxylic acids is 4. The van der Waals surface area contributed by atoms with Gasteiger partial charge in [0.05, 0.1) is 24.8 Å². The van der Waals surface area contributed by atoms with Gasteiger partial charge in [0.15, 0.2) is 11.6 Å². The molecule has 2 aromatic carbocycles. The second-order valence-electron chi connectivity index (χ2n) is 9.80. The molecule has 2 saturated heterocycles. The number of amides is 5. The first-order chi connectivity index (χ1) is 19.7. The summed E-state index contributed by atoms with van der Waals surface area (Å²) in [5.41, 5.74) is -3.33. The van der Waals surface area contributed by atoms with Crippen molar-refractivity contribution in [2.24, 2.45) is 0 Å². The van der Waals surface area contributed by atoms with E-state index in [1.54, 1.807) is 0 Å². The second kappa shape index (κ2) is 12.7. The number of ether oxygens (including phenoxy) is 1. The molecule has 1 spiro atoms. The number of alkyl halides is 3. The molecule has 0 aliphatic carbocycles. The van der Waals surface area contributed by atoms with E-state index in [0.717, 1.165) is 11.0 Å². The van der Waals surface area contributed by atoms with E-state index in [0.29, 0.717) is 18.2 Å². The maximum absolute atomic E-state index is 14.4. The molecule has 2 aliphatic rings. The number of nitrogens with zero attached hydrogens (tertiary/aromatic N) is 3. The number of hydrogen-bond donors (Lipinski definition) is 1. The third kappa shape index (κ3) is 6.31. The van der Waals surface area contributed by atoms with Crippen LogP contribution in [0.2, 0.25) is 0 Å². The van der Waals surface area contributed by atoms with Crippen molar-refractivity contribution in [3.8, 4) is 5.75 Å². The van der Waals surface area contributed by atoms with Crippen LogP contribution in [0.4, 0.5) is 32.4 Å². The van der Waals surface area contributed by atoms with Gasteiger partial charge in [0.1, 0.15) is 11.4 Å². The zero-order valence-corrected chi connectivity index (χ0v) is 23.5. The molecule has 0 bridgehead atoms. The van der Waals surface area contributed by atoms with Crippen molar-refractivity contribution >= 4 is 29.4 Å². The predicted molar refractivity (Wildman–Crippen MR) is 142 cm³/mol. The molecular weight excluding hydrogens is 567 g/mol. The number of likely N-dealkylation sites (tertiary alicyclic amines) is 1. The molecule has 0 atom stereocenters. The summed E-state index contributed by atoms with van der Waals surface area (Å²) in [6.45, 7) is 3.57. The van der Waals surface area contributed by atoms with E-state index in [1.165, 1.54) is 42.5 Å². The van der Waals surface area contributed by atoms with Crippen molar-refractivity contribution in [3.05, 3.63) is 59.2 Å². The normalized spacial score (nSPS) is 16.4. The summed E-state index contributed by atoms with van der Waals surface area (Å²) in [4.78, 5) is 54.5. The summed E-state index contributed by atoms with van der Waals surface area (Å²) < 4.78 is 72.0. The number of benzene rings is 2. The van der Waals surface area contributed by atoms with E-state index in [2.05, 4.69) is 19.2 Å². The molecule has 42 heavy (non-hydrogen) atoms. The molecule has 0 radical (unpaired) electrons. The fourth-order valence-corrected chi connectivity index (χ4v) is 4.78. The summed E-state index contributed by atoms with van der Waals surface area (Å²) in [6.07, 6.45) is -3.55. The van der Waals surface area contributed by atoms with Crippen LogP contribution in [0.1, 0.15) is 49.0 Å². The largest absolute Gasteiger partial charge is 0.494 e. The highest BCUT2D eigenvalue weighted by atomic mass is 19.4. The zero-order chi connectivity index (χ0) is 31.4. The minimum Gasteiger partial charge on any atom is -0.494 e. The van der Waals surface area contributed by atoms with Crippen LogP contribution >= 0.6 is 0 Å². The van der Waals surface area contributed by atoms with Gasteiger partial charge in [0.2, 0.25) is 5.91 Å². The number of anilines is 1. The summed E-state index contributed by atoms with van der Waals surface area (Å²) in [7, 11) is 2.58. The van der Waals surface area contributed by atoms with Crippen molar-refractivity contribution in [2.45, 2.75) is 44.8 Å². The molecule has 9 nitrogen and oxygen atoms in total. The van der Waals surface area contributed by atoms with Crippen LogP contribution < -0.4 is 15.0 Å². The smallest absolute Gasteiger partial charge is 0.416 e. The number of hydrogen-bond acceptors (Lipinski definition) is 5. The number of nitrogens with one attached hydrogen (secondary N) is 1. The minimum absolute atomic E-state index is 0.00248. The molecule has 2 heterocycles. The van der Waals surface area contributed by atoms with Crippen molar-refractivity contribution < 1.29 is 45.9 Å². The van der Waals surface area contributed by atoms with Crippen molar-refractivity contribution in [1.29, 1.82) is 0 Å².